The van der Waals surface area contributed by atoms with Crippen molar-refractivity contribution >= 4 is 0 Å². The molecule has 2 rings (SSSR count). The molecule has 2 heterocycles. The SMILES string of the molecule is CC1(c2ccncn2)CO1. The average Bonchev–Trinajstić information content (AvgIpc) is 2.72. The molecule has 1 aromatic rings. The summed E-state index contributed by atoms with van der Waals surface area (Å²) in [5.74, 6) is 0. The van der Waals surface area contributed by atoms with Crippen LogP contribution in [0.1, 0.15) is 12.6 Å². The van der Waals surface area contributed by atoms with Crippen LogP contribution >= 0.6 is 0 Å². The van der Waals surface area contributed by atoms with Gasteiger partial charge in [-0.3, -0.25) is 0 Å². The average molecular weight is 136 g/mol. The van der Waals surface area contributed by atoms with Crippen LogP contribution in [0.5, 0.6) is 0 Å². The summed E-state index contributed by atoms with van der Waals surface area (Å²) in [6.45, 7) is 2.80. The second kappa shape index (κ2) is 1.76. The van der Waals surface area contributed by atoms with Crippen LogP contribution in [0, 0.1) is 0 Å². The lowest BCUT2D eigenvalue weighted by Crippen LogP contribution is -2.04. The summed E-state index contributed by atoms with van der Waals surface area (Å²) >= 11 is 0. The molecular weight excluding hydrogens is 128 g/mol. The van der Waals surface area contributed by atoms with Crippen molar-refractivity contribution in [3.8, 4) is 0 Å². The summed E-state index contributed by atoms with van der Waals surface area (Å²) in [5, 5.41) is 0. The lowest BCUT2D eigenvalue weighted by molar-refractivity contribution is 0.323. The maximum Gasteiger partial charge on any atom is 0.131 e. The molecule has 10 heavy (non-hydrogen) atoms. The van der Waals surface area contributed by atoms with Crippen LogP contribution in [-0.4, -0.2) is 16.6 Å². The zero-order chi connectivity index (χ0) is 7.03. The third-order valence-electron chi connectivity index (χ3n) is 1.70. The molecule has 0 radical (unpaired) electrons. The number of ether oxygens (including phenoxy) is 1. The molecule has 0 aromatic carbocycles. The Morgan fingerprint density at radius 1 is 1.70 bits per heavy atom. The molecule has 1 aromatic heterocycles. The van der Waals surface area contributed by atoms with E-state index in [1.807, 2.05) is 13.0 Å². The Morgan fingerprint density at radius 2 is 2.50 bits per heavy atom. The Morgan fingerprint density at radius 3 is 3.00 bits per heavy atom. The predicted octanol–water partition coefficient (Wildman–Crippen LogP) is 0.722. The first-order valence-corrected chi connectivity index (χ1v) is 3.22. The van der Waals surface area contributed by atoms with Crippen LogP contribution in [0.25, 0.3) is 0 Å². The molecule has 1 fully saturated rings. The normalized spacial score (nSPS) is 30.1. The Bertz CT molecular complexity index is 231. The molecule has 0 aliphatic carbocycles. The Kier molecular flexibility index (Phi) is 1.02. The molecule has 3 heteroatoms. The lowest BCUT2D eigenvalue weighted by Gasteiger charge is -2.00. The predicted molar refractivity (Wildman–Crippen MR) is 35.3 cm³/mol. The van der Waals surface area contributed by atoms with Gasteiger partial charge in [-0.25, -0.2) is 9.97 Å². The fourth-order valence-electron chi connectivity index (χ4n) is 0.860. The summed E-state index contributed by atoms with van der Waals surface area (Å²) in [4.78, 5) is 7.90. The first kappa shape index (κ1) is 5.80. The summed E-state index contributed by atoms with van der Waals surface area (Å²) in [6.07, 6.45) is 3.28. The minimum absolute atomic E-state index is 0.108. The van der Waals surface area contributed by atoms with Gasteiger partial charge >= 0.3 is 0 Å². The van der Waals surface area contributed by atoms with Gasteiger partial charge in [-0.15, -0.1) is 0 Å². The third kappa shape index (κ3) is 0.789. The maximum absolute atomic E-state index is 5.19. The van der Waals surface area contributed by atoms with E-state index in [1.54, 1.807) is 12.5 Å². The summed E-state index contributed by atoms with van der Waals surface area (Å²) in [5.41, 5.74) is 0.866. The molecular formula is C7H8N2O. The van der Waals surface area contributed by atoms with Gasteiger partial charge in [-0.05, 0) is 13.0 Å². The topological polar surface area (TPSA) is 38.3 Å². The van der Waals surface area contributed by atoms with Crippen molar-refractivity contribution in [1.82, 2.24) is 9.97 Å². The van der Waals surface area contributed by atoms with Crippen LogP contribution in [0.4, 0.5) is 0 Å². The summed E-state index contributed by atoms with van der Waals surface area (Å²) in [6, 6.07) is 1.88. The molecule has 1 aliphatic heterocycles. The quantitative estimate of drug-likeness (QED) is 0.534. The highest BCUT2D eigenvalue weighted by Crippen LogP contribution is 2.35. The second-order valence-corrected chi connectivity index (χ2v) is 2.61. The monoisotopic (exact) mass is 136 g/mol. The van der Waals surface area contributed by atoms with Gasteiger partial charge in [-0.1, -0.05) is 0 Å². The second-order valence-electron chi connectivity index (χ2n) is 2.61. The van der Waals surface area contributed by atoms with E-state index < -0.39 is 0 Å². The lowest BCUT2D eigenvalue weighted by atomic mass is 10.1. The summed E-state index contributed by atoms with van der Waals surface area (Å²) < 4.78 is 5.19. The molecule has 1 saturated heterocycles. The van der Waals surface area contributed by atoms with E-state index in [-0.39, 0.29) is 5.60 Å². The highest BCUT2D eigenvalue weighted by molar-refractivity contribution is 5.14. The largest absolute Gasteiger partial charge is 0.363 e. The molecule has 0 amide bonds. The molecule has 0 bridgehead atoms. The van der Waals surface area contributed by atoms with Crippen molar-refractivity contribution in [1.29, 1.82) is 0 Å². The number of aromatic nitrogens is 2. The van der Waals surface area contributed by atoms with Crippen molar-refractivity contribution in [3.05, 3.63) is 24.3 Å². The Labute approximate surface area is 59.1 Å². The van der Waals surface area contributed by atoms with Crippen LogP contribution in [-0.2, 0) is 10.3 Å². The zero-order valence-electron chi connectivity index (χ0n) is 5.74. The van der Waals surface area contributed by atoms with Crippen molar-refractivity contribution in [2.75, 3.05) is 6.61 Å². The third-order valence-corrected chi connectivity index (χ3v) is 1.70. The van der Waals surface area contributed by atoms with E-state index in [0.717, 1.165) is 12.3 Å². The van der Waals surface area contributed by atoms with Crippen molar-refractivity contribution in [2.45, 2.75) is 12.5 Å². The zero-order valence-corrected chi connectivity index (χ0v) is 5.74. The van der Waals surface area contributed by atoms with Crippen molar-refractivity contribution in [3.63, 3.8) is 0 Å². The van der Waals surface area contributed by atoms with Crippen molar-refractivity contribution < 1.29 is 4.74 Å². The maximum atomic E-state index is 5.19. The standard InChI is InChI=1S/C7H8N2O/c1-7(4-10-7)6-2-3-8-5-9-6/h2-3,5H,4H2,1H3. The van der Waals surface area contributed by atoms with Gasteiger partial charge in [0.25, 0.3) is 0 Å². The van der Waals surface area contributed by atoms with E-state index in [1.165, 1.54) is 0 Å². The Hall–Kier alpha value is -0.960. The molecule has 1 unspecified atom stereocenters. The highest BCUT2D eigenvalue weighted by atomic mass is 16.6. The van der Waals surface area contributed by atoms with E-state index in [9.17, 15) is 0 Å². The highest BCUT2D eigenvalue weighted by Gasteiger charge is 2.42. The van der Waals surface area contributed by atoms with E-state index in [4.69, 9.17) is 4.74 Å². The van der Waals surface area contributed by atoms with Gasteiger partial charge in [0.15, 0.2) is 0 Å². The van der Waals surface area contributed by atoms with Crippen LogP contribution in [0.15, 0.2) is 18.6 Å². The first-order valence-electron chi connectivity index (χ1n) is 3.22. The Balaban J connectivity index is 2.35. The molecule has 3 nitrogen and oxygen atoms in total. The smallest absolute Gasteiger partial charge is 0.131 e. The minimum atomic E-state index is -0.108. The van der Waals surface area contributed by atoms with Crippen LogP contribution in [0.2, 0.25) is 0 Å². The number of nitrogens with zero attached hydrogens (tertiary/aromatic N) is 2. The molecule has 0 saturated carbocycles. The molecule has 0 N–H and O–H groups in total. The molecule has 1 aliphatic rings. The number of hydrogen-bond donors (Lipinski definition) is 0. The number of epoxide rings is 1. The van der Waals surface area contributed by atoms with Crippen LogP contribution < -0.4 is 0 Å². The van der Waals surface area contributed by atoms with Gasteiger partial charge in [0.05, 0.1) is 12.3 Å². The molecule has 0 spiro atoms. The molecule has 1 atom stereocenters. The number of rotatable bonds is 1. The fraction of sp³-hybridized carbons (Fsp3) is 0.429. The minimum Gasteiger partial charge on any atom is -0.363 e. The van der Waals surface area contributed by atoms with Crippen LogP contribution in [0.3, 0.4) is 0 Å². The van der Waals surface area contributed by atoms with Crippen molar-refractivity contribution in [2.24, 2.45) is 0 Å². The first-order chi connectivity index (χ1) is 4.81. The van der Waals surface area contributed by atoms with Gasteiger partial charge in [0.1, 0.15) is 11.9 Å². The van der Waals surface area contributed by atoms with Gasteiger partial charge < -0.3 is 4.74 Å². The van der Waals surface area contributed by atoms with Gasteiger partial charge in [0, 0.05) is 6.20 Å². The van der Waals surface area contributed by atoms with E-state index >= 15 is 0 Å². The molecule has 52 valence electrons. The number of hydrogen-bond acceptors (Lipinski definition) is 3. The van der Waals surface area contributed by atoms with E-state index in [0.29, 0.717) is 0 Å². The van der Waals surface area contributed by atoms with Gasteiger partial charge in [-0.2, -0.15) is 0 Å². The van der Waals surface area contributed by atoms with E-state index in [2.05, 4.69) is 9.97 Å². The van der Waals surface area contributed by atoms with Gasteiger partial charge in [0.2, 0.25) is 0 Å². The fourth-order valence-corrected chi connectivity index (χ4v) is 0.860. The summed E-state index contributed by atoms with van der Waals surface area (Å²) in [7, 11) is 0.